The third-order valence-electron chi connectivity index (χ3n) is 3.22. The Labute approximate surface area is 80.0 Å². The Morgan fingerprint density at radius 3 is 2.46 bits per heavy atom. The topological polar surface area (TPSA) is 41.6 Å². The van der Waals surface area contributed by atoms with Gasteiger partial charge in [-0.25, -0.2) is 0 Å². The lowest BCUT2D eigenvalue weighted by molar-refractivity contribution is 0.185. The number of aliphatic imine (C=N–C) groups is 1. The van der Waals surface area contributed by atoms with Gasteiger partial charge in [0.05, 0.1) is 12.1 Å². The van der Waals surface area contributed by atoms with Gasteiger partial charge in [-0.15, -0.1) is 0 Å². The molecule has 0 bridgehead atoms. The Kier molecular flexibility index (Phi) is 1.97. The molecule has 3 nitrogen and oxygen atoms in total. The standard InChI is InChI=1S/C10H19N3/c1-10(2)7-12-9(11)13(10)8-5-3-4-6-8/h8H,3-7H2,1-2H3,(H2,11,12). The first kappa shape index (κ1) is 8.85. The molecule has 1 saturated carbocycles. The fourth-order valence-electron chi connectivity index (χ4n) is 2.58. The minimum absolute atomic E-state index is 0.152. The number of hydrogen-bond donors (Lipinski definition) is 1. The largest absolute Gasteiger partial charge is 0.370 e. The summed E-state index contributed by atoms with van der Waals surface area (Å²) in [7, 11) is 0. The van der Waals surface area contributed by atoms with Gasteiger partial charge in [0.1, 0.15) is 0 Å². The molecule has 0 aromatic rings. The van der Waals surface area contributed by atoms with E-state index >= 15 is 0 Å². The fraction of sp³-hybridized carbons (Fsp3) is 0.900. The van der Waals surface area contributed by atoms with Crippen molar-refractivity contribution in [2.45, 2.75) is 51.1 Å². The second-order valence-corrected chi connectivity index (χ2v) is 4.80. The molecule has 74 valence electrons. The monoisotopic (exact) mass is 181 g/mol. The summed E-state index contributed by atoms with van der Waals surface area (Å²) in [5, 5.41) is 0. The molecule has 0 aromatic carbocycles. The lowest BCUT2D eigenvalue weighted by atomic mass is 10.0. The number of rotatable bonds is 1. The Morgan fingerprint density at radius 2 is 2.00 bits per heavy atom. The molecule has 0 unspecified atom stereocenters. The van der Waals surface area contributed by atoms with E-state index < -0.39 is 0 Å². The first-order chi connectivity index (χ1) is 6.11. The Balaban J connectivity index is 2.15. The molecule has 0 atom stereocenters. The van der Waals surface area contributed by atoms with E-state index in [1.807, 2.05) is 0 Å². The van der Waals surface area contributed by atoms with Gasteiger partial charge < -0.3 is 10.6 Å². The molecule has 2 rings (SSSR count). The van der Waals surface area contributed by atoms with E-state index in [0.29, 0.717) is 6.04 Å². The molecule has 2 aliphatic rings. The number of hydrogen-bond acceptors (Lipinski definition) is 3. The quantitative estimate of drug-likeness (QED) is 0.663. The van der Waals surface area contributed by atoms with Crippen LogP contribution in [0.4, 0.5) is 0 Å². The second kappa shape index (κ2) is 2.89. The van der Waals surface area contributed by atoms with Gasteiger partial charge in [-0.05, 0) is 26.7 Å². The molecule has 0 aromatic heterocycles. The summed E-state index contributed by atoms with van der Waals surface area (Å²) in [6.07, 6.45) is 5.29. The Bertz CT molecular complexity index is 226. The summed E-state index contributed by atoms with van der Waals surface area (Å²) >= 11 is 0. The summed E-state index contributed by atoms with van der Waals surface area (Å²) in [6, 6.07) is 0.654. The smallest absolute Gasteiger partial charge is 0.192 e. The second-order valence-electron chi connectivity index (χ2n) is 4.80. The van der Waals surface area contributed by atoms with Crippen LogP contribution in [0.2, 0.25) is 0 Å². The zero-order chi connectivity index (χ0) is 9.47. The molecule has 1 aliphatic carbocycles. The van der Waals surface area contributed by atoms with Crippen molar-refractivity contribution in [2.75, 3.05) is 6.54 Å². The highest BCUT2D eigenvalue weighted by atomic mass is 15.4. The van der Waals surface area contributed by atoms with Gasteiger partial charge in [-0.1, -0.05) is 12.8 Å². The maximum Gasteiger partial charge on any atom is 0.192 e. The maximum atomic E-state index is 5.91. The van der Waals surface area contributed by atoms with Crippen LogP contribution in [0.25, 0.3) is 0 Å². The van der Waals surface area contributed by atoms with E-state index in [1.54, 1.807) is 0 Å². The molecule has 2 N–H and O–H groups in total. The van der Waals surface area contributed by atoms with Crippen molar-refractivity contribution in [1.29, 1.82) is 0 Å². The third-order valence-corrected chi connectivity index (χ3v) is 3.22. The van der Waals surface area contributed by atoms with Gasteiger partial charge in [0.25, 0.3) is 0 Å². The summed E-state index contributed by atoms with van der Waals surface area (Å²) < 4.78 is 0. The summed E-state index contributed by atoms with van der Waals surface area (Å²) in [6.45, 7) is 5.32. The van der Waals surface area contributed by atoms with Crippen LogP contribution >= 0.6 is 0 Å². The van der Waals surface area contributed by atoms with Crippen LogP contribution in [0.15, 0.2) is 4.99 Å². The van der Waals surface area contributed by atoms with E-state index in [1.165, 1.54) is 25.7 Å². The lowest BCUT2D eigenvalue weighted by Crippen LogP contribution is -2.52. The van der Waals surface area contributed by atoms with Crippen LogP contribution in [0.3, 0.4) is 0 Å². The van der Waals surface area contributed by atoms with Crippen molar-refractivity contribution < 1.29 is 0 Å². The molecule has 1 aliphatic heterocycles. The highest BCUT2D eigenvalue weighted by Gasteiger charge is 2.38. The zero-order valence-electron chi connectivity index (χ0n) is 8.58. The van der Waals surface area contributed by atoms with Gasteiger partial charge in [0.15, 0.2) is 5.96 Å². The normalized spacial score (nSPS) is 28.2. The molecule has 1 heterocycles. The van der Waals surface area contributed by atoms with Crippen molar-refractivity contribution in [3.05, 3.63) is 0 Å². The molecule has 0 saturated heterocycles. The van der Waals surface area contributed by atoms with Crippen molar-refractivity contribution in [1.82, 2.24) is 4.90 Å². The van der Waals surface area contributed by atoms with Gasteiger partial charge in [-0.3, -0.25) is 4.99 Å². The molecule has 1 fully saturated rings. The van der Waals surface area contributed by atoms with E-state index in [-0.39, 0.29) is 5.54 Å². The van der Waals surface area contributed by atoms with Crippen molar-refractivity contribution in [3.8, 4) is 0 Å². The summed E-state index contributed by atoms with van der Waals surface area (Å²) in [5.74, 6) is 0.761. The van der Waals surface area contributed by atoms with E-state index in [2.05, 4.69) is 23.7 Å². The maximum absolute atomic E-state index is 5.91. The van der Waals surface area contributed by atoms with Crippen LogP contribution in [-0.2, 0) is 0 Å². The first-order valence-corrected chi connectivity index (χ1v) is 5.20. The van der Waals surface area contributed by atoms with Gasteiger partial charge in [-0.2, -0.15) is 0 Å². The summed E-state index contributed by atoms with van der Waals surface area (Å²) in [5.41, 5.74) is 6.06. The number of guanidine groups is 1. The predicted molar refractivity (Wildman–Crippen MR) is 54.7 cm³/mol. The van der Waals surface area contributed by atoms with Crippen molar-refractivity contribution in [2.24, 2.45) is 10.7 Å². The van der Waals surface area contributed by atoms with Crippen LogP contribution < -0.4 is 5.73 Å². The molecule has 0 spiro atoms. The minimum Gasteiger partial charge on any atom is -0.370 e. The van der Waals surface area contributed by atoms with Crippen LogP contribution in [0.5, 0.6) is 0 Å². The van der Waals surface area contributed by atoms with Crippen LogP contribution in [-0.4, -0.2) is 29.0 Å². The van der Waals surface area contributed by atoms with Crippen LogP contribution in [0, 0.1) is 0 Å². The zero-order valence-corrected chi connectivity index (χ0v) is 8.58. The molecule has 0 amide bonds. The SMILES string of the molecule is CC1(C)CN=C(N)N1C1CCCC1. The minimum atomic E-state index is 0.152. The number of nitrogens with zero attached hydrogens (tertiary/aromatic N) is 2. The average molecular weight is 181 g/mol. The Morgan fingerprint density at radius 1 is 1.38 bits per heavy atom. The fourth-order valence-corrected chi connectivity index (χ4v) is 2.58. The summed E-state index contributed by atoms with van der Waals surface area (Å²) in [4.78, 5) is 6.67. The van der Waals surface area contributed by atoms with Gasteiger partial charge >= 0.3 is 0 Å². The van der Waals surface area contributed by atoms with E-state index in [4.69, 9.17) is 5.73 Å². The van der Waals surface area contributed by atoms with Gasteiger partial charge in [0, 0.05) is 6.04 Å². The average Bonchev–Trinajstić information content (AvgIpc) is 2.60. The third kappa shape index (κ3) is 1.40. The Hall–Kier alpha value is -0.730. The molecule has 0 radical (unpaired) electrons. The molecule has 3 heteroatoms. The van der Waals surface area contributed by atoms with E-state index in [0.717, 1.165) is 12.5 Å². The van der Waals surface area contributed by atoms with Gasteiger partial charge in [0.2, 0.25) is 0 Å². The highest BCUT2D eigenvalue weighted by Crippen LogP contribution is 2.31. The van der Waals surface area contributed by atoms with Crippen molar-refractivity contribution in [3.63, 3.8) is 0 Å². The highest BCUT2D eigenvalue weighted by molar-refractivity contribution is 5.81. The van der Waals surface area contributed by atoms with E-state index in [9.17, 15) is 0 Å². The predicted octanol–water partition coefficient (Wildman–Crippen LogP) is 1.34. The van der Waals surface area contributed by atoms with Crippen molar-refractivity contribution >= 4 is 5.96 Å². The lowest BCUT2D eigenvalue weighted by Gasteiger charge is -2.37. The van der Waals surface area contributed by atoms with Crippen LogP contribution in [0.1, 0.15) is 39.5 Å². The first-order valence-electron chi connectivity index (χ1n) is 5.20. The molecular formula is C10H19N3. The number of nitrogens with two attached hydrogens (primary N) is 1. The molecule has 13 heavy (non-hydrogen) atoms. The molecular weight excluding hydrogens is 162 g/mol.